The number of carbonyl (C=O) groups excluding carboxylic acids is 1. The minimum atomic E-state index is -0.361. The fraction of sp³-hybridized carbons (Fsp3) is 0.438. The largest absolute Gasteiger partial charge is 0.458 e. The van der Waals surface area contributed by atoms with Crippen molar-refractivity contribution in [2.75, 3.05) is 20.1 Å². The lowest BCUT2D eigenvalue weighted by atomic mass is 10.1. The first-order valence-corrected chi connectivity index (χ1v) is 7.26. The summed E-state index contributed by atoms with van der Waals surface area (Å²) >= 11 is 0. The summed E-state index contributed by atoms with van der Waals surface area (Å²) in [6.45, 7) is 3.71. The number of benzene rings is 1. The zero-order chi connectivity index (χ0) is 14.8. The standard InChI is InChI=1S/C16H19N3O2/c1-11-15(18-14-6-4-3-5-13(14)17-11)16(20)21-12-7-9-19(2)10-8-12/h3-6,12H,7-10H2,1-2H3. The van der Waals surface area contributed by atoms with Gasteiger partial charge in [0.25, 0.3) is 0 Å². The van der Waals surface area contributed by atoms with Gasteiger partial charge in [-0.25, -0.2) is 14.8 Å². The number of esters is 1. The van der Waals surface area contributed by atoms with Crippen molar-refractivity contribution in [2.24, 2.45) is 0 Å². The zero-order valence-electron chi connectivity index (χ0n) is 12.4. The van der Waals surface area contributed by atoms with E-state index in [2.05, 4.69) is 21.9 Å². The SMILES string of the molecule is Cc1nc2ccccc2nc1C(=O)OC1CCN(C)CC1. The molecule has 0 saturated carbocycles. The van der Waals surface area contributed by atoms with Crippen LogP contribution in [0.3, 0.4) is 0 Å². The van der Waals surface area contributed by atoms with E-state index < -0.39 is 0 Å². The van der Waals surface area contributed by atoms with E-state index in [-0.39, 0.29) is 12.1 Å². The minimum absolute atomic E-state index is 0.0126. The molecule has 0 amide bonds. The van der Waals surface area contributed by atoms with Gasteiger partial charge >= 0.3 is 5.97 Å². The molecule has 0 spiro atoms. The van der Waals surface area contributed by atoms with Gasteiger partial charge in [-0.15, -0.1) is 0 Å². The van der Waals surface area contributed by atoms with Crippen LogP contribution in [0.1, 0.15) is 29.0 Å². The topological polar surface area (TPSA) is 55.3 Å². The van der Waals surface area contributed by atoms with Gasteiger partial charge in [-0.05, 0) is 38.9 Å². The molecular formula is C16H19N3O2. The summed E-state index contributed by atoms with van der Waals surface area (Å²) in [5.74, 6) is -0.361. The third-order valence-electron chi connectivity index (χ3n) is 3.88. The first kappa shape index (κ1) is 13.9. The van der Waals surface area contributed by atoms with Gasteiger partial charge in [0, 0.05) is 13.1 Å². The molecule has 5 nitrogen and oxygen atoms in total. The first-order chi connectivity index (χ1) is 10.1. The van der Waals surface area contributed by atoms with E-state index in [1.807, 2.05) is 24.3 Å². The summed E-state index contributed by atoms with van der Waals surface area (Å²) in [7, 11) is 2.08. The molecule has 0 atom stereocenters. The number of rotatable bonds is 2. The molecule has 110 valence electrons. The third kappa shape index (κ3) is 3.03. The molecule has 2 heterocycles. The number of piperidine rings is 1. The number of aryl methyl sites for hydroxylation is 1. The first-order valence-electron chi connectivity index (χ1n) is 7.26. The van der Waals surface area contributed by atoms with Crippen molar-refractivity contribution in [3.63, 3.8) is 0 Å². The summed E-state index contributed by atoms with van der Waals surface area (Å²) in [5.41, 5.74) is 2.46. The Morgan fingerprint density at radius 2 is 1.81 bits per heavy atom. The van der Waals surface area contributed by atoms with Crippen LogP contribution in [0.15, 0.2) is 24.3 Å². The summed E-state index contributed by atoms with van der Waals surface area (Å²) in [6, 6.07) is 7.54. The van der Waals surface area contributed by atoms with Gasteiger partial charge < -0.3 is 9.64 Å². The predicted molar refractivity (Wildman–Crippen MR) is 80.2 cm³/mol. The van der Waals surface area contributed by atoms with Crippen molar-refractivity contribution < 1.29 is 9.53 Å². The number of aromatic nitrogens is 2. The van der Waals surface area contributed by atoms with Crippen LogP contribution >= 0.6 is 0 Å². The van der Waals surface area contributed by atoms with Gasteiger partial charge in [0.15, 0.2) is 5.69 Å². The minimum Gasteiger partial charge on any atom is -0.458 e. The molecule has 1 aromatic carbocycles. The Morgan fingerprint density at radius 1 is 1.19 bits per heavy atom. The Bertz CT molecular complexity index is 664. The van der Waals surface area contributed by atoms with E-state index in [4.69, 9.17) is 4.74 Å². The molecular weight excluding hydrogens is 266 g/mol. The van der Waals surface area contributed by atoms with Crippen molar-refractivity contribution in [3.05, 3.63) is 35.7 Å². The van der Waals surface area contributed by atoms with Gasteiger partial charge in [-0.2, -0.15) is 0 Å². The molecule has 3 rings (SSSR count). The second kappa shape index (κ2) is 5.77. The van der Waals surface area contributed by atoms with Crippen molar-refractivity contribution in [2.45, 2.75) is 25.9 Å². The Morgan fingerprint density at radius 3 is 2.48 bits per heavy atom. The highest BCUT2D eigenvalue weighted by Gasteiger charge is 2.23. The fourth-order valence-corrected chi connectivity index (χ4v) is 2.59. The van der Waals surface area contributed by atoms with Crippen molar-refractivity contribution in [3.8, 4) is 0 Å². The number of para-hydroxylation sites is 2. The highest BCUT2D eigenvalue weighted by molar-refractivity contribution is 5.91. The molecule has 1 aliphatic rings. The van der Waals surface area contributed by atoms with E-state index in [1.54, 1.807) is 6.92 Å². The Labute approximate surface area is 124 Å². The molecule has 0 unspecified atom stereocenters. The maximum absolute atomic E-state index is 12.3. The Hall–Kier alpha value is -2.01. The Kier molecular flexibility index (Phi) is 3.84. The van der Waals surface area contributed by atoms with E-state index in [1.165, 1.54) is 0 Å². The van der Waals surface area contributed by atoms with Gasteiger partial charge in [-0.3, -0.25) is 0 Å². The number of likely N-dealkylation sites (tertiary alicyclic amines) is 1. The third-order valence-corrected chi connectivity index (χ3v) is 3.88. The second-order valence-electron chi connectivity index (χ2n) is 5.55. The summed E-state index contributed by atoms with van der Waals surface area (Å²) in [5, 5.41) is 0. The van der Waals surface area contributed by atoms with E-state index in [0.29, 0.717) is 11.4 Å². The number of carbonyl (C=O) groups is 1. The quantitative estimate of drug-likeness (QED) is 0.792. The van der Waals surface area contributed by atoms with Gasteiger partial charge in [0.05, 0.1) is 16.7 Å². The van der Waals surface area contributed by atoms with Crippen molar-refractivity contribution >= 4 is 17.0 Å². The van der Waals surface area contributed by atoms with Crippen LogP contribution in [0.4, 0.5) is 0 Å². The van der Waals surface area contributed by atoms with Crippen LogP contribution in [0.5, 0.6) is 0 Å². The smallest absolute Gasteiger partial charge is 0.359 e. The fourth-order valence-electron chi connectivity index (χ4n) is 2.59. The van der Waals surface area contributed by atoms with Crippen LogP contribution in [-0.2, 0) is 4.74 Å². The van der Waals surface area contributed by atoms with E-state index in [9.17, 15) is 4.79 Å². The molecule has 21 heavy (non-hydrogen) atoms. The normalized spacial score (nSPS) is 17.0. The van der Waals surface area contributed by atoms with Gasteiger partial charge in [-0.1, -0.05) is 12.1 Å². The zero-order valence-corrected chi connectivity index (χ0v) is 12.4. The maximum atomic E-state index is 12.3. The molecule has 5 heteroatoms. The maximum Gasteiger partial charge on any atom is 0.359 e. The highest BCUT2D eigenvalue weighted by Crippen LogP contribution is 2.17. The molecule has 1 fully saturated rings. The van der Waals surface area contributed by atoms with Crippen molar-refractivity contribution in [1.82, 2.24) is 14.9 Å². The van der Waals surface area contributed by atoms with Crippen molar-refractivity contribution in [1.29, 1.82) is 0 Å². The predicted octanol–water partition coefficient (Wildman–Crippen LogP) is 2.19. The highest BCUT2D eigenvalue weighted by atomic mass is 16.5. The molecule has 0 bridgehead atoms. The number of nitrogens with zero attached hydrogens (tertiary/aromatic N) is 3. The molecule has 1 aliphatic heterocycles. The van der Waals surface area contributed by atoms with Crippen LogP contribution in [-0.4, -0.2) is 47.1 Å². The van der Waals surface area contributed by atoms with E-state index in [0.717, 1.165) is 37.0 Å². The average molecular weight is 285 g/mol. The van der Waals surface area contributed by atoms with Crippen LogP contribution in [0, 0.1) is 6.92 Å². The number of fused-ring (bicyclic) bond motifs is 1. The molecule has 2 aromatic rings. The van der Waals surface area contributed by atoms with Crippen LogP contribution < -0.4 is 0 Å². The second-order valence-corrected chi connectivity index (χ2v) is 5.55. The monoisotopic (exact) mass is 285 g/mol. The average Bonchev–Trinajstić information content (AvgIpc) is 2.49. The molecule has 0 radical (unpaired) electrons. The number of hydrogen-bond acceptors (Lipinski definition) is 5. The lowest BCUT2D eigenvalue weighted by Crippen LogP contribution is -2.35. The van der Waals surface area contributed by atoms with Gasteiger partial charge in [0.2, 0.25) is 0 Å². The molecule has 1 saturated heterocycles. The van der Waals surface area contributed by atoms with E-state index >= 15 is 0 Å². The lowest BCUT2D eigenvalue weighted by molar-refractivity contribution is 0.0132. The summed E-state index contributed by atoms with van der Waals surface area (Å²) in [4.78, 5) is 23.4. The Balaban J connectivity index is 1.79. The number of ether oxygens (including phenoxy) is 1. The summed E-state index contributed by atoms with van der Waals surface area (Å²) < 4.78 is 5.59. The van der Waals surface area contributed by atoms with Crippen LogP contribution in [0.2, 0.25) is 0 Å². The van der Waals surface area contributed by atoms with Gasteiger partial charge in [0.1, 0.15) is 6.10 Å². The number of hydrogen-bond donors (Lipinski definition) is 0. The molecule has 1 aromatic heterocycles. The molecule has 0 N–H and O–H groups in total. The van der Waals surface area contributed by atoms with Crippen LogP contribution in [0.25, 0.3) is 11.0 Å². The summed E-state index contributed by atoms with van der Waals surface area (Å²) in [6.07, 6.45) is 1.74. The lowest BCUT2D eigenvalue weighted by Gasteiger charge is -2.28. The molecule has 0 aliphatic carbocycles.